The van der Waals surface area contributed by atoms with Crippen molar-refractivity contribution in [3.05, 3.63) is 48.5 Å². The maximum atomic E-state index is 12.1. The lowest BCUT2D eigenvalue weighted by Gasteiger charge is -2.38. The van der Waals surface area contributed by atoms with Crippen molar-refractivity contribution in [2.45, 2.75) is 24.7 Å². The van der Waals surface area contributed by atoms with Crippen LogP contribution in [-0.2, 0) is 11.1 Å². The van der Waals surface area contributed by atoms with Crippen LogP contribution in [0.1, 0.15) is 18.4 Å². The van der Waals surface area contributed by atoms with E-state index >= 15 is 0 Å². The molecule has 29 heavy (non-hydrogen) atoms. The van der Waals surface area contributed by atoms with E-state index in [1.165, 1.54) is 6.07 Å². The number of benzene rings is 1. The normalized spacial score (nSPS) is 15.9. The summed E-state index contributed by atoms with van der Waals surface area (Å²) in [6, 6.07) is 2.30. The number of nitro benzene ring substituents is 1. The fraction of sp³-hybridized carbons (Fsp3) is 0.429. The van der Waals surface area contributed by atoms with E-state index in [9.17, 15) is 34.1 Å². The highest BCUT2D eigenvalue weighted by Gasteiger charge is 2.47. The molecule has 162 valence electrons. The maximum Gasteiger partial charge on any atom is 0.345 e. The Labute approximate surface area is 175 Å². The van der Waals surface area contributed by atoms with Gasteiger partial charge in [0.2, 0.25) is 0 Å². The van der Waals surface area contributed by atoms with Gasteiger partial charge in [-0.25, -0.2) is 0 Å². The molecule has 15 heteroatoms. The number of halogens is 2. The first-order valence-electron chi connectivity index (χ1n) is 8.08. The fourth-order valence-corrected chi connectivity index (χ4v) is 4.29. The van der Waals surface area contributed by atoms with E-state index in [-0.39, 0.29) is 66.5 Å². The highest BCUT2D eigenvalue weighted by Crippen LogP contribution is 2.53. The molecule has 1 fully saturated rings. The van der Waals surface area contributed by atoms with Gasteiger partial charge in [-0.2, -0.15) is 0 Å². The Morgan fingerprint density at radius 2 is 1.72 bits per heavy atom. The molecule has 0 radical (unpaired) electrons. The summed E-state index contributed by atoms with van der Waals surface area (Å²) < 4.78 is 12.1. The third-order valence-electron chi connectivity index (χ3n) is 4.70. The number of non-ortho nitro benzene ring substituents is 1. The predicted molar refractivity (Wildman–Crippen MR) is 110 cm³/mol. The van der Waals surface area contributed by atoms with Crippen molar-refractivity contribution in [2.24, 2.45) is 0 Å². The number of aromatic nitrogens is 2. The Morgan fingerprint density at radius 3 is 2.28 bits per heavy atom. The number of hydrogen-bond donors (Lipinski definition) is 6. The van der Waals surface area contributed by atoms with Gasteiger partial charge in [0, 0.05) is 18.7 Å². The van der Waals surface area contributed by atoms with Crippen LogP contribution < -0.4 is 21.8 Å². The summed E-state index contributed by atoms with van der Waals surface area (Å²) in [5, 5.41) is 15.6. The van der Waals surface area contributed by atoms with Crippen LogP contribution in [0.2, 0.25) is 0 Å². The quantitative estimate of drug-likeness (QED) is 0.154. The molecule has 0 unspecified atom stereocenters. The minimum absolute atomic E-state index is 0. The molecule has 0 atom stereocenters. The van der Waals surface area contributed by atoms with Gasteiger partial charge < -0.3 is 25.1 Å². The van der Waals surface area contributed by atoms with Crippen molar-refractivity contribution in [1.29, 1.82) is 0 Å². The van der Waals surface area contributed by atoms with Crippen LogP contribution in [0, 0.1) is 10.1 Å². The zero-order chi connectivity index (χ0) is 19.8. The number of nitro groups is 1. The van der Waals surface area contributed by atoms with Crippen LogP contribution in [-0.4, -0.2) is 43.0 Å². The Hall–Kier alpha value is -1.79. The third-order valence-corrected chi connectivity index (χ3v) is 6.43. The summed E-state index contributed by atoms with van der Waals surface area (Å²) in [4.78, 5) is 57.9. The topological polar surface area (TPSA) is 190 Å². The van der Waals surface area contributed by atoms with Crippen LogP contribution >= 0.6 is 32.4 Å². The molecular formula is C14H20Cl2N5O7P. The van der Waals surface area contributed by atoms with Gasteiger partial charge in [-0.15, -0.1) is 24.8 Å². The molecule has 0 bridgehead atoms. The first kappa shape index (κ1) is 25.2. The predicted octanol–water partition coefficient (Wildman–Crippen LogP) is 0.315. The zero-order valence-electron chi connectivity index (χ0n) is 14.8. The summed E-state index contributed by atoms with van der Waals surface area (Å²) in [7, 11) is -4.53. The summed E-state index contributed by atoms with van der Waals surface area (Å²) in [6.45, 7) is 0.654. The molecule has 1 aliphatic heterocycles. The SMILES string of the molecule is Cl.Cl.O=c1[nH]c2cc([N+](=O)[O-])cc(CNC3(P(=O)(O)O)CCNCC3)c2[nH]c1=O. The van der Waals surface area contributed by atoms with E-state index in [0.717, 1.165) is 6.07 Å². The van der Waals surface area contributed by atoms with Crippen molar-refractivity contribution in [2.75, 3.05) is 13.1 Å². The van der Waals surface area contributed by atoms with Gasteiger partial charge in [-0.05, 0) is 31.5 Å². The first-order valence-corrected chi connectivity index (χ1v) is 9.69. The molecule has 2 heterocycles. The van der Waals surface area contributed by atoms with Crippen LogP contribution in [0.3, 0.4) is 0 Å². The van der Waals surface area contributed by atoms with E-state index < -0.39 is 28.9 Å². The molecule has 0 saturated carbocycles. The molecule has 1 aromatic carbocycles. The van der Waals surface area contributed by atoms with Crippen LogP contribution in [0.5, 0.6) is 0 Å². The average molecular weight is 472 g/mol. The van der Waals surface area contributed by atoms with Gasteiger partial charge in [0.15, 0.2) is 0 Å². The molecule has 1 aliphatic rings. The van der Waals surface area contributed by atoms with E-state index in [4.69, 9.17) is 0 Å². The summed E-state index contributed by atoms with van der Waals surface area (Å²) in [5.74, 6) is 0. The minimum Gasteiger partial charge on any atom is -0.323 e. The molecule has 12 nitrogen and oxygen atoms in total. The summed E-state index contributed by atoms with van der Waals surface area (Å²) in [6.07, 6.45) is 0.328. The molecule has 1 aromatic heterocycles. The second-order valence-electron chi connectivity index (χ2n) is 6.37. The Kier molecular flexibility index (Phi) is 8.14. The van der Waals surface area contributed by atoms with E-state index in [1.807, 2.05) is 0 Å². The van der Waals surface area contributed by atoms with Crippen molar-refractivity contribution in [3.63, 3.8) is 0 Å². The molecule has 0 amide bonds. The highest BCUT2D eigenvalue weighted by molar-refractivity contribution is 7.53. The number of fused-ring (bicyclic) bond motifs is 1. The lowest BCUT2D eigenvalue weighted by atomic mass is 10.0. The van der Waals surface area contributed by atoms with E-state index in [1.54, 1.807) is 0 Å². The lowest BCUT2D eigenvalue weighted by Crippen LogP contribution is -2.51. The van der Waals surface area contributed by atoms with Gasteiger partial charge in [0.25, 0.3) is 5.69 Å². The fourth-order valence-electron chi connectivity index (χ4n) is 3.20. The standard InChI is InChI=1S/C14H18N5O7P.2ClH/c20-12-13(21)18-11-8(5-9(19(22)23)6-10(11)17-12)7-16-14(27(24,25)26)1-3-15-4-2-14;;/h5-6,15-16H,1-4,7H2,(H,17,20)(H,18,21)(H2,24,25,26);2*1H. The van der Waals surface area contributed by atoms with Gasteiger partial charge in [0.05, 0.1) is 16.0 Å². The molecule has 2 aromatic rings. The molecular weight excluding hydrogens is 452 g/mol. The van der Waals surface area contributed by atoms with Gasteiger partial charge in [0.1, 0.15) is 5.28 Å². The van der Waals surface area contributed by atoms with Crippen molar-refractivity contribution >= 4 is 49.1 Å². The highest BCUT2D eigenvalue weighted by atomic mass is 35.5. The number of nitrogens with zero attached hydrogens (tertiary/aromatic N) is 1. The smallest absolute Gasteiger partial charge is 0.323 e. The van der Waals surface area contributed by atoms with Gasteiger partial charge >= 0.3 is 18.7 Å². The Balaban J connectivity index is 0.00000210. The largest absolute Gasteiger partial charge is 0.345 e. The number of hydrogen-bond acceptors (Lipinski definition) is 7. The number of rotatable bonds is 5. The second-order valence-corrected chi connectivity index (χ2v) is 8.32. The molecule has 6 N–H and O–H groups in total. The van der Waals surface area contributed by atoms with Crippen molar-refractivity contribution < 1.29 is 19.3 Å². The molecule has 0 aliphatic carbocycles. The van der Waals surface area contributed by atoms with Crippen LogP contribution in [0.4, 0.5) is 5.69 Å². The lowest BCUT2D eigenvalue weighted by molar-refractivity contribution is -0.384. The maximum absolute atomic E-state index is 12.1. The van der Waals surface area contributed by atoms with Crippen LogP contribution in [0.15, 0.2) is 21.7 Å². The van der Waals surface area contributed by atoms with Gasteiger partial charge in [-0.3, -0.25) is 29.6 Å². The van der Waals surface area contributed by atoms with E-state index in [2.05, 4.69) is 20.6 Å². The number of H-pyrrole nitrogens is 2. The van der Waals surface area contributed by atoms with Crippen LogP contribution in [0.25, 0.3) is 11.0 Å². The molecule has 3 rings (SSSR count). The monoisotopic (exact) mass is 471 g/mol. The number of aromatic amines is 2. The first-order chi connectivity index (χ1) is 12.6. The van der Waals surface area contributed by atoms with E-state index in [0.29, 0.717) is 13.1 Å². The van der Waals surface area contributed by atoms with Gasteiger partial charge in [-0.1, -0.05) is 0 Å². The molecule has 0 spiro atoms. The second kappa shape index (κ2) is 9.35. The minimum atomic E-state index is -4.53. The summed E-state index contributed by atoms with van der Waals surface area (Å²) >= 11 is 0. The summed E-state index contributed by atoms with van der Waals surface area (Å²) in [5.41, 5.74) is -1.75. The number of nitrogens with one attached hydrogen (secondary N) is 4. The third kappa shape index (κ3) is 5.04. The molecule has 1 saturated heterocycles. The van der Waals surface area contributed by atoms with Crippen molar-refractivity contribution in [1.82, 2.24) is 20.6 Å². The Morgan fingerprint density at radius 1 is 1.14 bits per heavy atom. The number of piperidine rings is 1. The zero-order valence-corrected chi connectivity index (χ0v) is 17.4. The Bertz CT molecular complexity index is 1060. The average Bonchev–Trinajstić information content (AvgIpc) is 2.60. The van der Waals surface area contributed by atoms with Crippen molar-refractivity contribution in [3.8, 4) is 0 Å².